The van der Waals surface area contributed by atoms with Crippen molar-refractivity contribution in [2.24, 2.45) is 68.0 Å². The fourth-order valence-electron chi connectivity index (χ4n) is 14.3. The normalized spacial score (nSPS) is 44.0. The molecule has 1 aromatic rings. The highest BCUT2D eigenvalue weighted by atomic mass is 32.2. The molecule has 13 heteroatoms. The third kappa shape index (κ3) is 8.10. The summed E-state index contributed by atoms with van der Waals surface area (Å²) in [6.45, 7) is 25.6. The Morgan fingerprint density at radius 2 is 1.14 bits per heavy atom. The number of esters is 2. The van der Waals surface area contributed by atoms with Gasteiger partial charge in [0.15, 0.2) is 6.61 Å². The highest BCUT2D eigenvalue weighted by molar-refractivity contribution is 7.86. The van der Waals surface area contributed by atoms with Crippen molar-refractivity contribution in [2.45, 2.75) is 156 Å². The molecule has 356 valence electrons. The number of rotatable bonds is 9. The fourth-order valence-corrected chi connectivity index (χ4v) is 15.2. The van der Waals surface area contributed by atoms with E-state index in [-0.39, 0.29) is 80.9 Å². The first-order chi connectivity index (χ1) is 29.8. The van der Waals surface area contributed by atoms with Crippen LogP contribution in [0.4, 0.5) is 0 Å². The lowest BCUT2D eigenvalue weighted by Gasteiger charge is -2.61. The zero-order valence-corrected chi connectivity index (χ0v) is 41.3. The van der Waals surface area contributed by atoms with Gasteiger partial charge >= 0.3 is 11.9 Å². The van der Waals surface area contributed by atoms with Crippen LogP contribution < -0.4 is 0 Å². The van der Waals surface area contributed by atoms with Crippen molar-refractivity contribution in [1.29, 1.82) is 0 Å². The molecule has 0 aliphatic heterocycles. The van der Waals surface area contributed by atoms with Crippen LogP contribution >= 0.6 is 12.6 Å². The molecule has 6 fully saturated rings. The Bertz CT molecular complexity index is 2100. The summed E-state index contributed by atoms with van der Waals surface area (Å²) < 4.78 is 42.3. The first-order valence-corrected chi connectivity index (χ1v) is 25.5. The Labute approximate surface area is 387 Å². The summed E-state index contributed by atoms with van der Waals surface area (Å²) in [7, 11) is -4.15. The summed E-state index contributed by atoms with van der Waals surface area (Å²) in [5.41, 5.74) is -2.16. The molecule has 64 heavy (non-hydrogen) atoms. The van der Waals surface area contributed by atoms with Gasteiger partial charge in [0.1, 0.15) is 23.8 Å². The number of Topliss-reactive ketones (excluding diaryl/α,β-unsaturated/α-hetero) is 2. The second-order valence-electron chi connectivity index (χ2n) is 21.8. The minimum absolute atomic E-state index is 0.00841. The molecule has 6 aliphatic rings. The van der Waals surface area contributed by atoms with Crippen LogP contribution in [0.2, 0.25) is 0 Å². The number of carbonyl (C=O) groups excluding carboxylic acids is 4. The monoisotopic (exact) mass is 926 g/mol. The highest BCUT2D eigenvalue weighted by Gasteiger charge is 2.70. The van der Waals surface area contributed by atoms with Gasteiger partial charge in [0.2, 0.25) is 0 Å². The molecule has 6 saturated carbocycles. The lowest BCUT2D eigenvalue weighted by molar-refractivity contribution is -0.207. The first kappa shape index (κ1) is 50.6. The van der Waals surface area contributed by atoms with Crippen LogP contribution in [0.5, 0.6) is 0 Å². The largest absolute Gasteiger partial charge is 0.461 e. The summed E-state index contributed by atoms with van der Waals surface area (Å²) in [5.74, 6) is -1.06. The van der Waals surface area contributed by atoms with E-state index in [0.717, 1.165) is 37.7 Å². The lowest BCUT2D eigenvalue weighted by Crippen LogP contribution is -2.63. The fraction of sp³-hybridized carbons (Fsp3) is 0.725. The van der Waals surface area contributed by atoms with Gasteiger partial charge in [-0.05, 0) is 105 Å². The molecular formula is C51H74O11S2. The minimum Gasteiger partial charge on any atom is -0.461 e. The summed E-state index contributed by atoms with van der Waals surface area (Å²) in [5, 5.41) is 22.9. The molecule has 0 spiro atoms. The lowest BCUT2D eigenvalue weighted by atomic mass is 9.44. The van der Waals surface area contributed by atoms with E-state index in [9.17, 15) is 37.8 Å². The topological polar surface area (TPSA) is 171 Å². The number of aryl methyl sites for hydroxylation is 1. The van der Waals surface area contributed by atoms with E-state index in [1.54, 1.807) is 18.2 Å². The Hall–Kier alpha value is -2.84. The molecule has 1 aromatic carbocycles. The maximum absolute atomic E-state index is 13.4. The summed E-state index contributed by atoms with van der Waals surface area (Å²) >= 11 is 4.08. The Morgan fingerprint density at radius 1 is 0.734 bits per heavy atom. The molecule has 2 unspecified atom stereocenters. The number of ether oxygens (including phenoxy) is 2. The van der Waals surface area contributed by atoms with Crippen LogP contribution in [0.1, 0.15) is 125 Å². The maximum Gasteiger partial charge on any atom is 0.333 e. The molecule has 16 atom stereocenters. The third-order valence-corrected chi connectivity index (χ3v) is 20.5. The number of benzene rings is 1. The number of thiol groups is 1. The summed E-state index contributed by atoms with van der Waals surface area (Å²) in [6.07, 6.45) is 7.89. The number of ketones is 2. The number of aliphatic hydroxyl groups excluding tert-OH is 2. The van der Waals surface area contributed by atoms with Crippen LogP contribution in [0.25, 0.3) is 0 Å². The Morgan fingerprint density at radius 3 is 1.53 bits per heavy atom. The van der Waals surface area contributed by atoms with E-state index < -0.39 is 68.8 Å². The molecular weight excluding hydrogens is 853 g/mol. The van der Waals surface area contributed by atoms with Crippen LogP contribution in [-0.2, 0) is 43.0 Å². The smallest absolute Gasteiger partial charge is 0.333 e. The molecule has 2 N–H and O–H groups in total. The van der Waals surface area contributed by atoms with Crippen molar-refractivity contribution in [1.82, 2.24) is 0 Å². The van der Waals surface area contributed by atoms with E-state index in [2.05, 4.69) is 53.5 Å². The van der Waals surface area contributed by atoms with Crippen LogP contribution in [0.3, 0.4) is 0 Å². The molecule has 7 rings (SSSR count). The predicted octanol–water partition coefficient (Wildman–Crippen LogP) is 8.43. The van der Waals surface area contributed by atoms with Gasteiger partial charge in [-0.3, -0.25) is 18.6 Å². The van der Waals surface area contributed by atoms with Gasteiger partial charge in [0.25, 0.3) is 10.1 Å². The molecule has 6 aliphatic carbocycles. The molecule has 0 saturated heterocycles. The van der Waals surface area contributed by atoms with Gasteiger partial charge in [-0.15, -0.1) is 13.2 Å². The van der Waals surface area contributed by atoms with Gasteiger partial charge in [-0.2, -0.15) is 21.0 Å². The van der Waals surface area contributed by atoms with Crippen molar-refractivity contribution < 1.29 is 51.5 Å². The van der Waals surface area contributed by atoms with Crippen molar-refractivity contribution in [3.05, 3.63) is 55.1 Å². The number of hydrogen-bond acceptors (Lipinski definition) is 12. The minimum atomic E-state index is -4.15. The van der Waals surface area contributed by atoms with Crippen LogP contribution in [0.15, 0.2) is 54.5 Å². The second kappa shape index (κ2) is 18.0. The van der Waals surface area contributed by atoms with Crippen LogP contribution in [0, 0.1) is 74.9 Å². The van der Waals surface area contributed by atoms with Gasteiger partial charge in [0.05, 0.1) is 22.9 Å². The number of carbonyl (C=O) groups is 4. The number of hydrogen-bond donors (Lipinski definition) is 3. The van der Waals surface area contributed by atoms with E-state index in [1.807, 2.05) is 40.7 Å². The van der Waals surface area contributed by atoms with Crippen molar-refractivity contribution >= 4 is 46.3 Å². The second-order valence-corrected chi connectivity index (χ2v) is 23.7. The van der Waals surface area contributed by atoms with Crippen molar-refractivity contribution in [3.8, 4) is 0 Å². The molecule has 0 aromatic heterocycles. The van der Waals surface area contributed by atoms with E-state index >= 15 is 0 Å². The van der Waals surface area contributed by atoms with Gasteiger partial charge in [0, 0.05) is 46.3 Å². The first-order valence-electron chi connectivity index (χ1n) is 23.4. The van der Waals surface area contributed by atoms with Gasteiger partial charge in [-0.25, -0.2) is 4.79 Å². The van der Waals surface area contributed by atoms with Gasteiger partial charge < -0.3 is 19.7 Å². The molecule has 0 heterocycles. The zero-order chi connectivity index (χ0) is 47.6. The number of aliphatic hydroxyl groups is 2. The van der Waals surface area contributed by atoms with Gasteiger partial charge in [-0.1, -0.05) is 85.2 Å². The third-order valence-electron chi connectivity index (χ3n) is 18.9. The average molecular weight is 927 g/mol. The Kier molecular flexibility index (Phi) is 14.2. The molecule has 11 nitrogen and oxygen atoms in total. The standard InChI is InChI=1S/C29H40O7S.C22H34O4S/c1-7-27(5)16-23(36-24(31)17-35-37(33,34)21-10-8-18(2)9-11-21)28(6)19(3)12-14-29(20(4)26(27)32)15-13-22(30)25(28)29;1-6-20(4)11-16(26-17(24)12-27)21(5)13(2)7-9-22(14(3)19(20)25)10-8-15(23)18(21)22/h7-11,19-20,23,25-26,32H,1,12-17H2,2-6H3;6,13-14,16,18-19,25,27H,1,7-12H2,2-5H3/t19?,20-,23+,25-,26-,27+,28-,29-;13?,14-,16+,18-,19-,20+,21-,22-/m00/s1. The average Bonchev–Trinajstić information content (AvgIpc) is 3.81. The summed E-state index contributed by atoms with van der Waals surface area (Å²) in [6, 6.07) is 6.17. The molecule has 4 bridgehead atoms. The molecule has 0 radical (unpaired) electrons. The maximum atomic E-state index is 13.4. The van der Waals surface area contributed by atoms with E-state index in [0.29, 0.717) is 25.7 Å². The van der Waals surface area contributed by atoms with Crippen molar-refractivity contribution in [3.63, 3.8) is 0 Å². The van der Waals surface area contributed by atoms with E-state index in [1.165, 1.54) is 12.1 Å². The van der Waals surface area contributed by atoms with Crippen molar-refractivity contribution in [2.75, 3.05) is 12.4 Å². The zero-order valence-electron chi connectivity index (χ0n) is 39.6. The highest BCUT2D eigenvalue weighted by Crippen LogP contribution is 2.69. The van der Waals surface area contributed by atoms with E-state index in [4.69, 9.17) is 13.7 Å². The van der Waals surface area contributed by atoms with Crippen LogP contribution in [-0.4, -0.2) is 78.9 Å². The SMILES string of the molecule is C=C[C@]1(C)C[C@@H](OC(=O)COS(=O)(=O)c2ccc(C)cc2)[C@]2(C)C(C)CC[C@]3(CCC(=O)[C@H]32)[C@@H](C)[C@@H]1O.C=C[C@]1(C)C[C@@H](OC(=O)CS)[C@]2(C)C(C)CC[C@]3(CCC(=O)[C@H]32)[C@@H](C)[C@@H]1O. The summed E-state index contributed by atoms with van der Waals surface area (Å²) in [4.78, 5) is 51.9. The Balaban J connectivity index is 0.000000223. The predicted molar refractivity (Wildman–Crippen MR) is 247 cm³/mol. The molecule has 0 amide bonds. The quantitative estimate of drug-likeness (QED) is 0.0940.